The Morgan fingerprint density at radius 1 is 1.46 bits per heavy atom. The van der Waals surface area contributed by atoms with E-state index in [1.54, 1.807) is 26.1 Å². The lowest BCUT2D eigenvalue weighted by molar-refractivity contribution is 0.321. The highest BCUT2D eigenvalue weighted by atomic mass is 127. The predicted octanol–water partition coefficient (Wildman–Crippen LogP) is 1.69. The zero-order valence-corrected chi connectivity index (χ0v) is 16.9. The lowest BCUT2D eigenvalue weighted by Crippen LogP contribution is -2.43. The van der Waals surface area contributed by atoms with E-state index in [1.165, 1.54) is 6.07 Å². The van der Waals surface area contributed by atoms with Gasteiger partial charge in [-0.2, -0.15) is 0 Å². The maximum Gasteiger partial charge on any atom is 0.191 e. The Bertz CT molecular complexity index is 683. The van der Waals surface area contributed by atoms with Gasteiger partial charge in [-0.25, -0.2) is 12.8 Å². The third kappa shape index (κ3) is 6.08. The molecular formula is C15H23FIN3O3S. The summed E-state index contributed by atoms with van der Waals surface area (Å²) >= 11 is 0. The van der Waals surface area contributed by atoms with Crippen molar-refractivity contribution in [2.24, 2.45) is 4.99 Å². The van der Waals surface area contributed by atoms with E-state index in [4.69, 9.17) is 4.74 Å². The second kappa shape index (κ2) is 9.40. The molecule has 1 fully saturated rings. The van der Waals surface area contributed by atoms with Gasteiger partial charge in [0.05, 0.1) is 18.1 Å². The third-order valence-electron chi connectivity index (χ3n) is 3.55. The van der Waals surface area contributed by atoms with Crippen molar-refractivity contribution in [2.45, 2.75) is 25.9 Å². The average Bonchev–Trinajstić information content (AvgIpc) is 2.85. The lowest BCUT2D eigenvalue weighted by atomic mass is 10.2. The number of sulfone groups is 1. The van der Waals surface area contributed by atoms with Crippen LogP contribution in [0.3, 0.4) is 0 Å². The molecule has 0 radical (unpaired) electrons. The molecule has 0 amide bonds. The summed E-state index contributed by atoms with van der Waals surface area (Å²) in [5, 5.41) is 6.13. The van der Waals surface area contributed by atoms with Crippen molar-refractivity contribution in [2.75, 3.05) is 25.2 Å². The van der Waals surface area contributed by atoms with Crippen LogP contribution in [0, 0.1) is 5.82 Å². The number of hydrogen-bond acceptors (Lipinski definition) is 4. The summed E-state index contributed by atoms with van der Waals surface area (Å²) in [5.41, 5.74) is 0.743. The second-order valence-electron chi connectivity index (χ2n) is 5.37. The lowest BCUT2D eigenvalue weighted by Gasteiger charge is -2.16. The second-order valence-corrected chi connectivity index (χ2v) is 7.60. The van der Waals surface area contributed by atoms with E-state index < -0.39 is 15.7 Å². The Hall–Kier alpha value is -1.10. The van der Waals surface area contributed by atoms with E-state index >= 15 is 0 Å². The molecule has 1 unspecified atom stereocenters. The minimum Gasteiger partial charge on any atom is -0.491 e. The monoisotopic (exact) mass is 471 g/mol. The molecule has 0 aliphatic carbocycles. The zero-order chi connectivity index (χ0) is 16.9. The number of halogens is 2. The van der Waals surface area contributed by atoms with Crippen molar-refractivity contribution in [3.63, 3.8) is 0 Å². The molecule has 2 N–H and O–H groups in total. The largest absolute Gasteiger partial charge is 0.491 e. The molecule has 2 rings (SSSR count). The first-order valence-corrected chi connectivity index (χ1v) is 9.34. The average molecular weight is 471 g/mol. The molecule has 1 aliphatic heterocycles. The highest BCUT2D eigenvalue weighted by Gasteiger charge is 2.28. The maximum atomic E-state index is 13.8. The van der Waals surface area contributed by atoms with Crippen molar-refractivity contribution in [1.29, 1.82) is 0 Å². The first-order chi connectivity index (χ1) is 10.9. The maximum absolute atomic E-state index is 13.8. The number of guanidine groups is 1. The van der Waals surface area contributed by atoms with Gasteiger partial charge in [0.15, 0.2) is 27.4 Å². The Morgan fingerprint density at radius 3 is 2.75 bits per heavy atom. The fourth-order valence-corrected chi connectivity index (χ4v) is 4.08. The van der Waals surface area contributed by atoms with Gasteiger partial charge in [-0.05, 0) is 31.0 Å². The normalized spacial score (nSPS) is 19.5. The molecule has 136 valence electrons. The predicted molar refractivity (Wildman–Crippen MR) is 103 cm³/mol. The number of aliphatic imine (C=N–C) groups is 1. The molecule has 1 heterocycles. The van der Waals surface area contributed by atoms with Gasteiger partial charge in [0.1, 0.15) is 0 Å². The van der Waals surface area contributed by atoms with Gasteiger partial charge < -0.3 is 15.4 Å². The molecule has 0 saturated carbocycles. The van der Waals surface area contributed by atoms with Gasteiger partial charge in [-0.1, -0.05) is 6.07 Å². The highest BCUT2D eigenvalue weighted by Crippen LogP contribution is 2.18. The van der Waals surface area contributed by atoms with Crippen molar-refractivity contribution in [1.82, 2.24) is 10.6 Å². The molecule has 0 spiro atoms. The molecule has 1 saturated heterocycles. The van der Waals surface area contributed by atoms with E-state index in [0.717, 1.165) is 5.56 Å². The molecule has 24 heavy (non-hydrogen) atoms. The van der Waals surface area contributed by atoms with Crippen molar-refractivity contribution < 1.29 is 17.5 Å². The first kappa shape index (κ1) is 20.9. The summed E-state index contributed by atoms with van der Waals surface area (Å²) in [6.07, 6.45) is 0.570. The third-order valence-corrected chi connectivity index (χ3v) is 5.32. The molecule has 0 aromatic heterocycles. The van der Waals surface area contributed by atoms with Gasteiger partial charge in [0.2, 0.25) is 0 Å². The van der Waals surface area contributed by atoms with Crippen LogP contribution >= 0.6 is 24.0 Å². The molecule has 1 aliphatic rings. The minimum atomic E-state index is -2.94. The van der Waals surface area contributed by atoms with Crippen LogP contribution < -0.4 is 15.4 Å². The quantitative estimate of drug-likeness (QED) is 0.388. The Balaban J connectivity index is 0.00000288. The number of hydrogen-bond donors (Lipinski definition) is 2. The Kier molecular flexibility index (Phi) is 8.20. The fourth-order valence-electron chi connectivity index (χ4n) is 2.41. The molecule has 0 bridgehead atoms. The van der Waals surface area contributed by atoms with Crippen molar-refractivity contribution in [3.05, 3.63) is 29.6 Å². The van der Waals surface area contributed by atoms with Crippen LogP contribution in [0.25, 0.3) is 0 Å². The molecule has 6 nitrogen and oxygen atoms in total. The van der Waals surface area contributed by atoms with Crippen LogP contribution in [0.2, 0.25) is 0 Å². The molecule has 9 heteroatoms. The smallest absolute Gasteiger partial charge is 0.191 e. The standard InChI is InChI=1S/C15H22FN3O3S.HI/c1-3-22-14-5-4-11(8-13(14)16)9-18-15(17-2)19-12-6-7-23(20,21)10-12;/h4-5,8,12H,3,6-7,9-10H2,1-2H3,(H2,17,18,19);1H. The van der Waals surface area contributed by atoms with Crippen LogP contribution in [0.4, 0.5) is 4.39 Å². The SMILES string of the molecule is CCOc1ccc(CNC(=NC)NC2CCS(=O)(=O)C2)cc1F.I. The van der Waals surface area contributed by atoms with E-state index in [-0.39, 0.29) is 47.3 Å². The topological polar surface area (TPSA) is 79.8 Å². The van der Waals surface area contributed by atoms with Crippen molar-refractivity contribution >= 4 is 39.8 Å². The van der Waals surface area contributed by atoms with Gasteiger partial charge >= 0.3 is 0 Å². The van der Waals surface area contributed by atoms with E-state index in [1.807, 2.05) is 0 Å². The van der Waals surface area contributed by atoms with Gasteiger partial charge in [0, 0.05) is 19.6 Å². The zero-order valence-electron chi connectivity index (χ0n) is 13.7. The number of rotatable bonds is 5. The van der Waals surface area contributed by atoms with Gasteiger partial charge in [0.25, 0.3) is 0 Å². The summed E-state index contributed by atoms with van der Waals surface area (Å²) in [7, 11) is -1.33. The van der Waals surface area contributed by atoms with E-state index in [9.17, 15) is 12.8 Å². The van der Waals surface area contributed by atoms with Crippen LogP contribution in [0.1, 0.15) is 18.9 Å². The minimum absolute atomic E-state index is 0. The number of benzene rings is 1. The summed E-state index contributed by atoms with van der Waals surface area (Å²) in [4.78, 5) is 4.06. The van der Waals surface area contributed by atoms with Crippen LogP contribution in [-0.4, -0.2) is 45.6 Å². The molecule has 1 aromatic carbocycles. The first-order valence-electron chi connectivity index (χ1n) is 7.52. The summed E-state index contributed by atoms with van der Waals surface area (Å²) in [6.45, 7) is 2.59. The van der Waals surface area contributed by atoms with Gasteiger partial charge in [-0.3, -0.25) is 4.99 Å². The van der Waals surface area contributed by atoms with Crippen LogP contribution in [0.15, 0.2) is 23.2 Å². The molecule has 1 atom stereocenters. The molecular weight excluding hydrogens is 448 g/mol. The highest BCUT2D eigenvalue weighted by molar-refractivity contribution is 14.0. The van der Waals surface area contributed by atoms with E-state index in [0.29, 0.717) is 25.5 Å². The number of nitrogens with zero attached hydrogens (tertiary/aromatic N) is 1. The fraction of sp³-hybridized carbons (Fsp3) is 0.533. The number of ether oxygens (including phenoxy) is 1. The summed E-state index contributed by atoms with van der Waals surface area (Å²) < 4.78 is 41.9. The summed E-state index contributed by atoms with van der Waals surface area (Å²) in [6, 6.07) is 4.64. The van der Waals surface area contributed by atoms with E-state index in [2.05, 4.69) is 15.6 Å². The number of nitrogens with one attached hydrogen (secondary N) is 2. The Labute approximate surface area is 159 Å². The van der Waals surface area contributed by atoms with Gasteiger partial charge in [-0.15, -0.1) is 24.0 Å². The van der Waals surface area contributed by atoms with Crippen molar-refractivity contribution in [3.8, 4) is 5.75 Å². The summed E-state index contributed by atoms with van der Waals surface area (Å²) in [5.74, 6) is 0.643. The van der Waals surface area contributed by atoms with Crippen LogP contribution in [0.5, 0.6) is 5.75 Å². The Morgan fingerprint density at radius 2 is 2.21 bits per heavy atom. The van der Waals surface area contributed by atoms with Crippen LogP contribution in [-0.2, 0) is 16.4 Å². The molecule has 1 aromatic rings.